The van der Waals surface area contributed by atoms with Crippen LogP contribution in [0, 0.1) is 0 Å². The van der Waals surface area contributed by atoms with Crippen LogP contribution in [0.15, 0.2) is 18.2 Å². The highest BCUT2D eigenvalue weighted by Crippen LogP contribution is 2.28. The Labute approximate surface area is 138 Å². The van der Waals surface area contributed by atoms with Gasteiger partial charge in [0.2, 0.25) is 5.91 Å². The van der Waals surface area contributed by atoms with E-state index in [1.54, 1.807) is 25.2 Å². The van der Waals surface area contributed by atoms with Crippen LogP contribution in [0.25, 0.3) is 0 Å². The van der Waals surface area contributed by atoms with Crippen molar-refractivity contribution in [3.63, 3.8) is 0 Å². The number of hydrogen-bond acceptors (Lipinski definition) is 3. The molecule has 0 radical (unpaired) electrons. The summed E-state index contributed by atoms with van der Waals surface area (Å²) in [6, 6.07) is 5.40. The number of anilines is 1. The molecule has 0 spiro atoms. The summed E-state index contributed by atoms with van der Waals surface area (Å²) in [7, 11) is 3.19. The first-order valence-electron chi connectivity index (χ1n) is 8.35. The van der Waals surface area contributed by atoms with E-state index >= 15 is 0 Å². The maximum absolute atomic E-state index is 12.2. The molecule has 1 aromatic rings. The number of nitrogens with one attached hydrogen (secondary N) is 3. The summed E-state index contributed by atoms with van der Waals surface area (Å²) in [4.78, 5) is 15.4. The largest absolute Gasteiger partial charge is 0.497 e. The molecule has 0 atom stereocenters. The highest BCUT2D eigenvalue weighted by Gasteiger charge is 2.22. The summed E-state index contributed by atoms with van der Waals surface area (Å²) in [5, 5.41) is 2.93. The Bertz CT molecular complexity index is 514. The first-order chi connectivity index (χ1) is 11.2. The van der Waals surface area contributed by atoms with Crippen LogP contribution < -0.4 is 24.6 Å². The topological polar surface area (TPSA) is 56.4 Å². The van der Waals surface area contributed by atoms with Gasteiger partial charge in [0, 0.05) is 6.07 Å². The third-order valence-corrected chi connectivity index (χ3v) is 4.55. The molecule has 2 rings (SSSR count). The Morgan fingerprint density at radius 2 is 1.83 bits per heavy atom. The van der Waals surface area contributed by atoms with Gasteiger partial charge in [-0.05, 0) is 19.1 Å². The molecule has 3 N–H and O–H groups in total. The van der Waals surface area contributed by atoms with Gasteiger partial charge in [-0.1, -0.05) is 0 Å². The van der Waals surface area contributed by atoms with Crippen molar-refractivity contribution in [2.75, 3.05) is 58.8 Å². The number of amides is 1. The molecule has 1 amide bonds. The summed E-state index contributed by atoms with van der Waals surface area (Å²) >= 11 is 0. The number of rotatable bonds is 7. The molecule has 6 nitrogen and oxygen atoms in total. The van der Waals surface area contributed by atoms with Gasteiger partial charge in [0.15, 0.2) is 0 Å². The number of piperazine rings is 1. The smallest absolute Gasteiger partial charge is 0.230 e. The van der Waals surface area contributed by atoms with Gasteiger partial charge < -0.3 is 24.6 Å². The molecule has 1 aromatic carbocycles. The molecule has 0 bridgehead atoms. The van der Waals surface area contributed by atoms with E-state index in [2.05, 4.69) is 12.2 Å². The van der Waals surface area contributed by atoms with Crippen molar-refractivity contribution in [1.29, 1.82) is 0 Å². The zero-order valence-corrected chi connectivity index (χ0v) is 14.4. The van der Waals surface area contributed by atoms with Crippen LogP contribution in [0.2, 0.25) is 0 Å². The van der Waals surface area contributed by atoms with E-state index in [0.29, 0.717) is 23.6 Å². The van der Waals surface area contributed by atoms with Gasteiger partial charge in [0.25, 0.3) is 0 Å². The minimum absolute atomic E-state index is 0.0336. The van der Waals surface area contributed by atoms with Crippen LogP contribution in [0.5, 0.6) is 11.5 Å². The normalized spacial score (nSPS) is 20.8. The molecule has 0 saturated carbocycles. The van der Waals surface area contributed by atoms with Crippen molar-refractivity contribution in [1.82, 2.24) is 0 Å². The highest BCUT2D eigenvalue weighted by atomic mass is 16.5. The molecule has 1 aliphatic heterocycles. The van der Waals surface area contributed by atoms with Gasteiger partial charge in [-0.15, -0.1) is 0 Å². The summed E-state index contributed by atoms with van der Waals surface area (Å²) < 4.78 is 10.5. The number of carbonyl (C=O) groups is 1. The second-order valence-electron chi connectivity index (χ2n) is 5.97. The van der Waals surface area contributed by atoms with E-state index in [1.165, 1.54) is 24.5 Å². The second kappa shape index (κ2) is 8.74. The fourth-order valence-corrected chi connectivity index (χ4v) is 2.97. The van der Waals surface area contributed by atoms with E-state index in [-0.39, 0.29) is 5.91 Å². The number of ether oxygens (including phenoxy) is 2. The van der Waals surface area contributed by atoms with Gasteiger partial charge in [-0.2, -0.15) is 0 Å². The lowest BCUT2D eigenvalue weighted by Crippen LogP contribution is -3.28. The minimum Gasteiger partial charge on any atom is -0.497 e. The molecule has 128 valence electrons. The van der Waals surface area contributed by atoms with Gasteiger partial charge in [-0.25, -0.2) is 0 Å². The van der Waals surface area contributed by atoms with E-state index in [4.69, 9.17) is 9.47 Å². The summed E-state index contributed by atoms with van der Waals surface area (Å²) in [5.74, 6) is 1.36. The van der Waals surface area contributed by atoms with Gasteiger partial charge in [0.1, 0.15) is 37.7 Å². The number of likely N-dealkylation sites (N-methyl/N-ethyl adjacent to an activating group) is 1. The molecule has 23 heavy (non-hydrogen) atoms. The average Bonchev–Trinajstić information content (AvgIpc) is 2.60. The molecule has 0 aliphatic carbocycles. The van der Waals surface area contributed by atoms with Crippen molar-refractivity contribution >= 4 is 11.6 Å². The molecule has 0 unspecified atom stereocenters. The monoisotopic (exact) mass is 323 g/mol. The predicted molar refractivity (Wildman–Crippen MR) is 89.6 cm³/mol. The fraction of sp³-hybridized carbons (Fsp3) is 0.588. The molecule has 1 fully saturated rings. The number of methoxy groups -OCH3 is 2. The maximum atomic E-state index is 12.2. The Kier molecular flexibility index (Phi) is 6.67. The summed E-state index contributed by atoms with van der Waals surface area (Å²) in [6.45, 7) is 9.05. The van der Waals surface area contributed by atoms with Gasteiger partial charge >= 0.3 is 0 Å². The van der Waals surface area contributed by atoms with Crippen molar-refractivity contribution in [2.45, 2.75) is 13.3 Å². The van der Waals surface area contributed by atoms with E-state index < -0.39 is 0 Å². The van der Waals surface area contributed by atoms with Gasteiger partial charge in [0.05, 0.1) is 39.4 Å². The zero-order valence-electron chi connectivity index (χ0n) is 14.4. The quantitative estimate of drug-likeness (QED) is 0.593. The maximum Gasteiger partial charge on any atom is 0.230 e. The van der Waals surface area contributed by atoms with Crippen molar-refractivity contribution < 1.29 is 24.1 Å². The SMILES string of the molecule is CC[NH+]1CC[NH+](CCC(=O)Nc2ccc(OC)cc2OC)CC1. The number of quaternary nitrogens is 2. The Morgan fingerprint density at radius 1 is 1.13 bits per heavy atom. The summed E-state index contributed by atoms with van der Waals surface area (Å²) in [6.07, 6.45) is 0.534. The van der Waals surface area contributed by atoms with Crippen LogP contribution in [0.4, 0.5) is 5.69 Å². The minimum atomic E-state index is 0.0336. The van der Waals surface area contributed by atoms with E-state index in [0.717, 1.165) is 19.6 Å². The van der Waals surface area contributed by atoms with Crippen LogP contribution >= 0.6 is 0 Å². The van der Waals surface area contributed by atoms with Gasteiger partial charge in [-0.3, -0.25) is 4.79 Å². The lowest BCUT2D eigenvalue weighted by atomic mass is 10.2. The third-order valence-electron chi connectivity index (χ3n) is 4.55. The first-order valence-corrected chi connectivity index (χ1v) is 8.35. The lowest BCUT2D eigenvalue weighted by molar-refractivity contribution is -1.01. The molecular formula is C17H29N3O3+2. The first kappa shape index (κ1) is 17.6. The van der Waals surface area contributed by atoms with E-state index in [1.807, 2.05) is 12.1 Å². The van der Waals surface area contributed by atoms with Crippen molar-refractivity contribution in [3.05, 3.63) is 18.2 Å². The third kappa shape index (κ3) is 5.11. The predicted octanol–water partition coefficient (Wildman–Crippen LogP) is -1.16. The lowest BCUT2D eigenvalue weighted by Gasteiger charge is -2.28. The standard InChI is InChI=1S/C17H27N3O3/c1-4-19-9-11-20(12-10-19)8-7-17(21)18-15-6-5-14(22-2)13-16(15)23-3/h5-6,13H,4,7-12H2,1-3H3,(H,18,21)/p+2. The van der Waals surface area contributed by atoms with Crippen LogP contribution in [0.3, 0.4) is 0 Å². The van der Waals surface area contributed by atoms with E-state index in [9.17, 15) is 4.79 Å². The van der Waals surface area contributed by atoms with Crippen molar-refractivity contribution in [2.24, 2.45) is 0 Å². The number of carbonyl (C=O) groups excluding carboxylic acids is 1. The molecule has 0 aromatic heterocycles. The molecule has 1 aliphatic rings. The average molecular weight is 323 g/mol. The molecular weight excluding hydrogens is 294 g/mol. The van der Waals surface area contributed by atoms with Crippen molar-refractivity contribution in [3.8, 4) is 11.5 Å². The van der Waals surface area contributed by atoms with Crippen LogP contribution in [-0.2, 0) is 4.79 Å². The highest BCUT2D eigenvalue weighted by molar-refractivity contribution is 5.92. The fourth-order valence-electron chi connectivity index (χ4n) is 2.97. The zero-order chi connectivity index (χ0) is 16.7. The Morgan fingerprint density at radius 3 is 2.43 bits per heavy atom. The second-order valence-corrected chi connectivity index (χ2v) is 5.97. The molecule has 6 heteroatoms. The summed E-state index contributed by atoms with van der Waals surface area (Å²) in [5.41, 5.74) is 0.688. The Balaban J connectivity index is 1.81. The number of hydrogen-bond donors (Lipinski definition) is 3. The molecule has 1 heterocycles. The Hall–Kier alpha value is -1.79. The van der Waals surface area contributed by atoms with Crippen LogP contribution in [-0.4, -0.2) is 59.4 Å². The van der Waals surface area contributed by atoms with Crippen LogP contribution in [0.1, 0.15) is 13.3 Å². The number of benzene rings is 1. The molecule has 1 saturated heterocycles.